The molecule has 3 heteroatoms. The number of nitrogens with zero attached hydrogens (tertiary/aromatic N) is 3. The molecule has 0 unspecified atom stereocenters. The van der Waals surface area contributed by atoms with E-state index in [1.807, 2.05) is 0 Å². The molecule has 0 aliphatic heterocycles. The zero-order chi connectivity index (χ0) is 31.3. The summed E-state index contributed by atoms with van der Waals surface area (Å²) in [4.78, 5) is 5.32. The summed E-state index contributed by atoms with van der Waals surface area (Å²) in [7, 11) is 0. The van der Waals surface area contributed by atoms with E-state index < -0.39 is 0 Å². The summed E-state index contributed by atoms with van der Waals surface area (Å²) < 4.78 is 4.76. The zero-order valence-electron chi connectivity index (χ0n) is 25.9. The number of hydrogen-bond donors (Lipinski definition) is 0. The first-order chi connectivity index (χ1) is 23.8. The first kappa shape index (κ1) is 25.7. The summed E-state index contributed by atoms with van der Waals surface area (Å²) in [6.45, 7) is 0. The van der Waals surface area contributed by atoms with Gasteiger partial charge < -0.3 is 0 Å². The molecule has 11 aromatic rings. The van der Waals surface area contributed by atoms with E-state index >= 15 is 0 Å². The van der Waals surface area contributed by atoms with Crippen LogP contribution >= 0.6 is 0 Å². The molecule has 0 atom stereocenters. The van der Waals surface area contributed by atoms with Gasteiger partial charge in [-0.05, 0) is 110 Å². The largest absolute Gasteiger partial charge is 0.277 e. The number of benzene rings is 8. The van der Waals surface area contributed by atoms with Crippen LogP contribution < -0.4 is 0 Å². The average Bonchev–Trinajstić information content (AvgIpc) is 3.78. The molecule has 0 aliphatic rings. The van der Waals surface area contributed by atoms with Crippen LogP contribution in [0.15, 0.2) is 164 Å². The summed E-state index contributed by atoms with van der Waals surface area (Å²) in [5.74, 6) is 0.950. The highest BCUT2D eigenvalue weighted by molar-refractivity contribution is 6.20. The molecule has 3 nitrogen and oxygen atoms in total. The van der Waals surface area contributed by atoms with Gasteiger partial charge in [0.25, 0.3) is 0 Å². The molecule has 0 amide bonds. The Hall–Kier alpha value is -6.45. The van der Waals surface area contributed by atoms with Gasteiger partial charge in [-0.25, -0.2) is 4.98 Å². The standard InChI is InChI=1S/C45H27N3/c1-3-11-28(12-4-1)34-19-35(29-13-5-2-6-14-29)21-36(20-34)37-23-39-38-22-30-15-7-9-17-32(30)25-41(38)48-44(39)43(27-37)47-42-26-33-18-10-8-16-31(33)24-40(42)46-45(47)48/h1-27H. The summed E-state index contributed by atoms with van der Waals surface area (Å²) >= 11 is 0. The van der Waals surface area contributed by atoms with Crippen molar-refractivity contribution < 1.29 is 0 Å². The average molecular weight is 610 g/mol. The fraction of sp³-hybridized carbons (Fsp3) is 0. The molecule has 0 bridgehead atoms. The van der Waals surface area contributed by atoms with E-state index in [1.165, 1.54) is 82.2 Å². The van der Waals surface area contributed by atoms with E-state index in [-0.39, 0.29) is 0 Å². The highest BCUT2D eigenvalue weighted by atomic mass is 15.2. The van der Waals surface area contributed by atoms with Crippen molar-refractivity contribution in [3.8, 4) is 33.4 Å². The van der Waals surface area contributed by atoms with Crippen molar-refractivity contribution in [2.24, 2.45) is 0 Å². The summed E-state index contributed by atoms with van der Waals surface area (Å²) in [5.41, 5.74) is 12.9. The number of imidazole rings is 2. The number of fused-ring (bicyclic) bond motifs is 10. The molecule has 3 heterocycles. The van der Waals surface area contributed by atoms with E-state index in [4.69, 9.17) is 4.98 Å². The van der Waals surface area contributed by atoms with Crippen LogP contribution in [0.4, 0.5) is 0 Å². The molecule has 8 aromatic carbocycles. The summed E-state index contributed by atoms with van der Waals surface area (Å²) in [5, 5.41) is 7.39. The Labute approximate surface area is 275 Å². The maximum Gasteiger partial charge on any atom is 0.220 e. The van der Waals surface area contributed by atoms with Gasteiger partial charge in [0.1, 0.15) is 0 Å². The predicted molar refractivity (Wildman–Crippen MR) is 201 cm³/mol. The lowest BCUT2D eigenvalue weighted by Gasteiger charge is -2.12. The second kappa shape index (κ2) is 9.54. The van der Waals surface area contributed by atoms with Crippen LogP contribution in [0.5, 0.6) is 0 Å². The molecule has 0 aliphatic carbocycles. The number of rotatable bonds is 3. The monoisotopic (exact) mass is 609 g/mol. The topological polar surface area (TPSA) is 21.7 Å². The highest BCUT2D eigenvalue weighted by Crippen LogP contribution is 2.42. The van der Waals surface area contributed by atoms with Gasteiger partial charge in [0.2, 0.25) is 5.78 Å². The number of aromatic nitrogens is 3. The molecule has 0 spiro atoms. The third kappa shape index (κ3) is 3.61. The van der Waals surface area contributed by atoms with Crippen LogP contribution in [0.25, 0.3) is 99.1 Å². The summed E-state index contributed by atoms with van der Waals surface area (Å²) in [6, 6.07) is 59.7. The van der Waals surface area contributed by atoms with Crippen molar-refractivity contribution >= 4 is 65.7 Å². The fourth-order valence-electron chi connectivity index (χ4n) is 7.88. The van der Waals surface area contributed by atoms with E-state index in [0.717, 1.165) is 16.8 Å². The quantitative estimate of drug-likeness (QED) is 0.195. The first-order valence-electron chi connectivity index (χ1n) is 16.5. The Bertz CT molecular complexity index is 2980. The minimum Gasteiger partial charge on any atom is -0.277 e. The van der Waals surface area contributed by atoms with E-state index in [2.05, 4.69) is 173 Å². The number of hydrogen-bond acceptors (Lipinski definition) is 1. The molecule has 0 radical (unpaired) electrons. The highest BCUT2D eigenvalue weighted by Gasteiger charge is 2.23. The molecular formula is C45H27N3. The van der Waals surface area contributed by atoms with Gasteiger partial charge in [-0.3, -0.25) is 8.80 Å². The third-order valence-electron chi connectivity index (χ3n) is 10.1. The van der Waals surface area contributed by atoms with Crippen molar-refractivity contribution in [2.75, 3.05) is 0 Å². The molecule has 48 heavy (non-hydrogen) atoms. The van der Waals surface area contributed by atoms with Gasteiger partial charge in [-0.15, -0.1) is 0 Å². The SMILES string of the molecule is c1ccc(-c2cc(-c3ccccc3)cc(-c3cc4c5cc6ccccc6cc5n5c4c(c3)n3c4cc6ccccc6cc4nc35)c2)cc1. The Morgan fingerprint density at radius 1 is 0.333 bits per heavy atom. The van der Waals surface area contributed by atoms with Gasteiger partial charge >= 0.3 is 0 Å². The predicted octanol–water partition coefficient (Wildman–Crippen LogP) is 11.8. The third-order valence-corrected chi connectivity index (χ3v) is 10.1. The van der Waals surface area contributed by atoms with Gasteiger partial charge in [0.15, 0.2) is 0 Å². The molecule has 11 rings (SSSR count). The Morgan fingerprint density at radius 2 is 0.833 bits per heavy atom. The van der Waals surface area contributed by atoms with Crippen LogP contribution in [0.1, 0.15) is 0 Å². The Balaban J connectivity index is 1.29. The van der Waals surface area contributed by atoms with Gasteiger partial charge in [-0.1, -0.05) is 109 Å². The van der Waals surface area contributed by atoms with Crippen LogP contribution in [0, 0.1) is 0 Å². The van der Waals surface area contributed by atoms with Crippen molar-refractivity contribution in [1.29, 1.82) is 0 Å². The smallest absolute Gasteiger partial charge is 0.220 e. The maximum atomic E-state index is 5.32. The van der Waals surface area contributed by atoms with Crippen molar-refractivity contribution in [1.82, 2.24) is 13.8 Å². The minimum absolute atomic E-state index is 0.950. The maximum absolute atomic E-state index is 5.32. The van der Waals surface area contributed by atoms with Crippen LogP contribution in [0.2, 0.25) is 0 Å². The summed E-state index contributed by atoms with van der Waals surface area (Å²) in [6.07, 6.45) is 0. The van der Waals surface area contributed by atoms with Gasteiger partial charge in [-0.2, -0.15) is 0 Å². The van der Waals surface area contributed by atoms with Crippen molar-refractivity contribution in [2.45, 2.75) is 0 Å². The van der Waals surface area contributed by atoms with Crippen LogP contribution in [-0.4, -0.2) is 13.8 Å². The van der Waals surface area contributed by atoms with Crippen LogP contribution in [-0.2, 0) is 0 Å². The molecule has 0 saturated heterocycles. The van der Waals surface area contributed by atoms with Crippen LogP contribution in [0.3, 0.4) is 0 Å². The lowest BCUT2D eigenvalue weighted by atomic mass is 9.92. The lowest BCUT2D eigenvalue weighted by Crippen LogP contribution is -1.88. The lowest BCUT2D eigenvalue weighted by molar-refractivity contribution is 1.22. The molecule has 0 N–H and O–H groups in total. The van der Waals surface area contributed by atoms with Crippen molar-refractivity contribution in [3.05, 3.63) is 164 Å². The molecule has 3 aromatic heterocycles. The molecular weight excluding hydrogens is 583 g/mol. The van der Waals surface area contributed by atoms with E-state index in [9.17, 15) is 0 Å². The molecule has 0 saturated carbocycles. The Kier molecular flexibility index (Phi) is 5.11. The van der Waals surface area contributed by atoms with Gasteiger partial charge in [0, 0.05) is 10.8 Å². The zero-order valence-corrected chi connectivity index (χ0v) is 25.9. The first-order valence-corrected chi connectivity index (χ1v) is 16.5. The van der Waals surface area contributed by atoms with E-state index in [1.54, 1.807) is 0 Å². The van der Waals surface area contributed by atoms with Gasteiger partial charge in [0.05, 0.1) is 27.6 Å². The molecule has 0 fully saturated rings. The second-order valence-corrected chi connectivity index (χ2v) is 12.9. The fourth-order valence-corrected chi connectivity index (χ4v) is 7.88. The van der Waals surface area contributed by atoms with Crippen molar-refractivity contribution in [3.63, 3.8) is 0 Å². The normalized spacial score (nSPS) is 12.2. The molecule has 222 valence electrons. The second-order valence-electron chi connectivity index (χ2n) is 12.9. The van der Waals surface area contributed by atoms with E-state index in [0.29, 0.717) is 0 Å². The Morgan fingerprint density at radius 3 is 1.46 bits per heavy atom. The minimum atomic E-state index is 0.950.